The molecule has 0 saturated heterocycles. The molecule has 1 N–H and O–H groups in total. The maximum Gasteiger partial charge on any atom is 0.337 e. The molecule has 1 aromatic heterocycles. The summed E-state index contributed by atoms with van der Waals surface area (Å²) in [6.07, 6.45) is 1.67. The minimum Gasteiger partial charge on any atom is -0.465 e. The number of anilines is 4. The van der Waals surface area contributed by atoms with Gasteiger partial charge in [0.15, 0.2) is 0 Å². The lowest BCUT2D eigenvalue weighted by Crippen LogP contribution is -2.19. The normalized spacial score (nSPS) is 10.3. The molecule has 3 aromatic rings. The quantitative estimate of drug-likeness (QED) is 0.616. The number of methoxy groups -OCH3 is 1. The van der Waals surface area contributed by atoms with Crippen LogP contribution in [0.3, 0.4) is 0 Å². The van der Waals surface area contributed by atoms with E-state index in [0.29, 0.717) is 34.6 Å². The number of nitrogens with zero attached hydrogens (tertiary/aromatic N) is 3. The Hall–Kier alpha value is -3.12. The van der Waals surface area contributed by atoms with Gasteiger partial charge in [-0.05, 0) is 43.3 Å². The van der Waals surface area contributed by atoms with E-state index < -0.39 is 5.97 Å². The first kappa shape index (κ1) is 18.7. The summed E-state index contributed by atoms with van der Waals surface area (Å²) in [7, 11) is 1.34. The van der Waals surface area contributed by atoms with E-state index in [1.54, 1.807) is 30.5 Å². The Balaban J connectivity index is 1.89. The van der Waals surface area contributed by atoms with Crippen molar-refractivity contribution in [2.45, 2.75) is 6.92 Å². The maximum absolute atomic E-state index is 11.7. The van der Waals surface area contributed by atoms with Crippen LogP contribution in [0.4, 0.5) is 23.1 Å². The van der Waals surface area contributed by atoms with Crippen molar-refractivity contribution in [1.29, 1.82) is 0 Å². The fourth-order valence-electron chi connectivity index (χ4n) is 2.60. The molecule has 0 aliphatic heterocycles. The van der Waals surface area contributed by atoms with E-state index in [1.807, 2.05) is 42.2 Å². The average Bonchev–Trinajstić information content (AvgIpc) is 2.71. The molecule has 0 aliphatic carbocycles. The molecule has 0 amide bonds. The van der Waals surface area contributed by atoms with Crippen LogP contribution < -0.4 is 10.2 Å². The first-order valence-electron chi connectivity index (χ1n) is 8.43. The molecule has 138 valence electrons. The van der Waals surface area contributed by atoms with Gasteiger partial charge in [0.2, 0.25) is 5.95 Å². The lowest BCUT2D eigenvalue weighted by atomic mass is 10.2. The average molecular weight is 383 g/mol. The topological polar surface area (TPSA) is 67.4 Å². The number of esters is 1. The zero-order valence-electron chi connectivity index (χ0n) is 15.0. The second kappa shape index (κ2) is 8.51. The molecule has 0 atom stereocenters. The smallest absolute Gasteiger partial charge is 0.337 e. The van der Waals surface area contributed by atoms with Crippen molar-refractivity contribution in [2.75, 3.05) is 23.9 Å². The van der Waals surface area contributed by atoms with Crippen LogP contribution in [-0.2, 0) is 4.74 Å². The van der Waals surface area contributed by atoms with Gasteiger partial charge >= 0.3 is 5.97 Å². The van der Waals surface area contributed by atoms with Crippen LogP contribution in [0.15, 0.2) is 60.8 Å². The highest BCUT2D eigenvalue weighted by molar-refractivity contribution is 6.33. The number of para-hydroxylation sites is 1. The van der Waals surface area contributed by atoms with Gasteiger partial charge in [-0.3, -0.25) is 0 Å². The van der Waals surface area contributed by atoms with Crippen molar-refractivity contribution in [3.63, 3.8) is 0 Å². The fraction of sp³-hybridized carbons (Fsp3) is 0.150. The number of benzene rings is 2. The molecule has 7 heteroatoms. The van der Waals surface area contributed by atoms with Crippen molar-refractivity contribution >= 4 is 40.7 Å². The summed E-state index contributed by atoms with van der Waals surface area (Å²) < 4.78 is 4.75. The number of ether oxygens (including phenoxy) is 1. The van der Waals surface area contributed by atoms with E-state index in [9.17, 15) is 4.79 Å². The minimum absolute atomic E-state index is 0.401. The fourth-order valence-corrected chi connectivity index (χ4v) is 2.76. The van der Waals surface area contributed by atoms with E-state index >= 15 is 0 Å². The van der Waals surface area contributed by atoms with Crippen LogP contribution in [0.2, 0.25) is 5.02 Å². The van der Waals surface area contributed by atoms with Gasteiger partial charge in [0, 0.05) is 18.4 Å². The third kappa shape index (κ3) is 4.35. The van der Waals surface area contributed by atoms with Gasteiger partial charge in [-0.15, -0.1) is 0 Å². The summed E-state index contributed by atoms with van der Waals surface area (Å²) >= 11 is 6.25. The Labute approximate surface area is 162 Å². The molecule has 0 saturated carbocycles. The Morgan fingerprint density at radius 1 is 1.19 bits per heavy atom. The van der Waals surface area contributed by atoms with Crippen LogP contribution in [0.5, 0.6) is 0 Å². The molecule has 0 fully saturated rings. The molecule has 27 heavy (non-hydrogen) atoms. The van der Waals surface area contributed by atoms with Gasteiger partial charge in [0.1, 0.15) is 5.82 Å². The summed E-state index contributed by atoms with van der Waals surface area (Å²) in [5.74, 6) is 0.701. The van der Waals surface area contributed by atoms with Crippen molar-refractivity contribution in [3.05, 3.63) is 71.4 Å². The van der Waals surface area contributed by atoms with Gasteiger partial charge in [0.05, 0.1) is 23.4 Å². The maximum atomic E-state index is 11.7. The number of halogens is 1. The van der Waals surface area contributed by atoms with Crippen molar-refractivity contribution in [3.8, 4) is 0 Å². The third-order valence-corrected chi connectivity index (χ3v) is 4.25. The van der Waals surface area contributed by atoms with E-state index in [2.05, 4.69) is 15.3 Å². The lowest BCUT2D eigenvalue weighted by Gasteiger charge is -2.21. The van der Waals surface area contributed by atoms with Gasteiger partial charge in [0.25, 0.3) is 0 Å². The number of hydrogen-bond donors (Lipinski definition) is 1. The summed E-state index contributed by atoms with van der Waals surface area (Å²) in [4.78, 5) is 22.7. The molecule has 0 aliphatic rings. The van der Waals surface area contributed by atoms with Crippen molar-refractivity contribution < 1.29 is 9.53 Å². The first-order valence-corrected chi connectivity index (χ1v) is 8.80. The number of rotatable bonds is 6. The van der Waals surface area contributed by atoms with Crippen molar-refractivity contribution in [1.82, 2.24) is 9.97 Å². The highest BCUT2D eigenvalue weighted by atomic mass is 35.5. The van der Waals surface area contributed by atoms with E-state index in [4.69, 9.17) is 16.3 Å². The highest BCUT2D eigenvalue weighted by Gasteiger charge is 2.13. The van der Waals surface area contributed by atoms with Gasteiger partial charge in [-0.2, -0.15) is 4.98 Å². The molecule has 2 aromatic carbocycles. The van der Waals surface area contributed by atoms with E-state index in [-0.39, 0.29) is 0 Å². The second-order valence-corrected chi connectivity index (χ2v) is 6.04. The van der Waals surface area contributed by atoms with Crippen LogP contribution in [0, 0.1) is 0 Å². The van der Waals surface area contributed by atoms with Gasteiger partial charge in [-0.1, -0.05) is 29.8 Å². The summed E-state index contributed by atoms with van der Waals surface area (Å²) in [5.41, 5.74) is 1.97. The second-order valence-electron chi connectivity index (χ2n) is 5.63. The summed E-state index contributed by atoms with van der Waals surface area (Å²) in [6.45, 7) is 2.75. The first-order chi connectivity index (χ1) is 13.1. The van der Waals surface area contributed by atoms with Gasteiger partial charge < -0.3 is 15.0 Å². The highest BCUT2D eigenvalue weighted by Crippen LogP contribution is 2.28. The zero-order chi connectivity index (χ0) is 19.2. The molecule has 0 radical (unpaired) electrons. The van der Waals surface area contributed by atoms with Crippen LogP contribution in [0.1, 0.15) is 17.3 Å². The molecule has 0 bridgehead atoms. The Morgan fingerprint density at radius 2 is 1.96 bits per heavy atom. The lowest BCUT2D eigenvalue weighted by molar-refractivity contribution is 0.0601. The van der Waals surface area contributed by atoms with E-state index in [1.165, 1.54) is 7.11 Å². The Morgan fingerprint density at radius 3 is 2.67 bits per heavy atom. The largest absolute Gasteiger partial charge is 0.465 e. The van der Waals surface area contributed by atoms with Gasteiger partial charge in [-0.25, -0.2) is 9.78 Å². The molecule has 0 spiro atoms. The SMILES string of the molecule is CCN(c1ccccc1)c1nccc(Nc2cc(C(=O)OC)ccc2Cl)n1. The van der Waals surface area contributed by atoms with Crippen LogP contribution in [-0.4, -0.2) is 29.6 Å². The predicted molar refractivity (Wildman–Crippen MR) is 107 cm³/mol. The summed E-state index contributed by atoms with van der Waals surface area (Å²) in [6, 6.07) is 16.5. The van der Waals surface area contributed by atoms with Crippen LogP contribution >= 0.6 is 11.6 Å². The van der Waals surface area contributed by atoms with Crippen LogP contribution in [0.25, 0.3) is 0 Å². The molecular formula is C20H19ClN4O2. The Bertz CT molecular complexity index is 934. The molecule has 1 heterocycles. The predicted octanol–water partition coefficient (Wildman–Crippen LogP) is 4.82. The summed E-state index contributed by atoms with van der Waals surface area (Å²) in [5, 5.41) is 3.62. The number of aromatic nitrogens is 2. The minimum atomic E-state index is -0.431. The number of nitrogens with one attached hydrogen (secondary N) is 1. The number of carbonyl (C=O) groups is 1. The van der Waals surface area contributed by atoms with Crippen molar-refractivity contribution in [2.24, 2.45) is 0 Å². The zero-order valence-corrected chi connectivity index (χ0v) is 15.8. The molecule has 3 rings (SSSR count). The third-order valence-electron chi connectivity index (χ3n) is 3.92. The van der Waals surface area contributed by atoms with E-state index in [0.717, 1.165) is 5.69 Å². The number of hydrogen-bond acceptors (Lipinski definition) is 6. The monoisotopic (exact) mass is 382 g/mol. The molecule has 0 unspecified atom stereocenters. The number of carbonyl (C=O) groups excluding carboxylic acids is 1. The molecular weight excluding hydrogens is 364 g/mol. The molecule has 6 nitrogen and oxygen atoms in total. The Kier molecular flexibility index (Phi) is 5.88. The standard InChI is InChI=1S/C20H19ClN4O2/c1-3-25(15-7-5-4-6-8-15)20-22-12-11-18(24-20)23-17-13-14(19(26)27-2)9-10-16(17)21/h4-13H,3H2,1-2H3,(H,22,23,24).